The Kier molecular flexibility index (Phi) is 6.16. The predicted molar refractivity (Wildman–Crippen MR) is 101 cm³/mol. The van der Waals surface area contributed by atoms with E-state index in [0.29, 0.717) is 45.8 Å². The highest BCUT2D eigenvalue weighted by Crippen LogP contribution is 2.18. The van der Waals surface area contributed by atoms with Crippen LogP contribution in [-0.4, -0.2) is 79.2 Å². The van der Waals surface area contributed by atoms with Crippen molar-refractivity contribution in [3.05, 3.63) is 35.9 Å². The van der Waals surface area contributed by atoms with E-state index >= 15 is 0 Å². The van der Waals surface area contributed by atoms with Crippen LogP contribution in [0.1, 0.15) is 24.8 Å². The van der Waals surface area contributed by atoms with Gasteiger partial charge in [0, 0.05) is 52.9 Å². The molecule has 0 aromatic heterocycles. The highest BCUT2D eigenvalue weighted by molar-refractivity contribution is 7.86. The highest BCUT2D eigenvalue weighted by Gasteiger charge is 2.34. The average Bonchev–Trinajstić information content (AvgIpc) is 2.69. The van der Waals surface area contributed by atoms with E-state index < -0.39 is 10.2 Å². The lowest BCUT2D eigenvalue weighted by Crippen LogP contribution is -2.56. The van der Waals surface area contributed by atoms with E-state index in [1.165, 1.54) is 4.31 Å². The van der Waals surface area contributed by atoms with E-state index in [4.69, 9.17) is 0 Å². The van der Waals surface area contributed by atoms with Crippen molar-refractivity contribution in [2.24, 2.45) is 0 Å². The second kappa shape index (κ2) is 8.37. The zero-order chi connectivity index (χ0) is 18.6. The molecule has 2 amide bonds. The molecule has 0 spiro atoms. The third-order valence-electron chi connectivity index (χ3n) is 5.07. The Balaban J connectivity index is 1.53. The first-order valence-corrected chi connectivity index (χ1v) is 10.7. The Labute approximate surface area is 156 Å². The summed E-state index contributed by atoms with van der Waals surface area (Å²) in [6.07, 6.45) is 2.96. The van der Waals surface area contributed by atoms with E-state index in [9.17, 15) is 13.2 Å². The molecule has 2 heterocycles. The molecule has 2 fully saturated rings. The fourth-order valence-electron chi connectivity index (χ4n) is 3.54. The minimum absolute atomic E-state index is 0.0520. The van der Waals surface area contributed by atoms with E-state index in [-0.39, 0.29) is 6.03 Å². The monoisotopic (exact) mass is 380 g/mol. The molecule has 7 nitrogen and oxygen atoms in total. The van der Waals surface area contributed by atoms with Gasteiger partial charge >= 0.3 is 6.03 Å². The Hall–Kier alpha value is -1.64. The molecule has 0 unspecified atom stereocenters. The van der Waals surface area contributed by atoms with Crippen molar-refractivity contribution in [2.75, 3.05) is 46.3 Å². The van der Waals surface area contributed by atoms with Gasteiger partial charge in [-0.25, -0.2) is 4.79 Å². The number of nitrogens with zero attached hydrogens (tertiary/aromatic N) is 4. The van der Waals surface area contributed by atoms with Crippen molar-refractivity contribution in [2.45, 2.75) is 25.8 Å². The standard InChI is InChI=1S/C18H28N4O3S/c1-19(16-17-8-4-2-5-9-17)18(23)20-12-14-22(15-13-20)26(24,25)21-10-6-3-7-11-21/h2,4-5,8-9H,3,6-7,10-16H2,1H3. The van der Waals surface area contributed by atoms with Crippen LogP contribution < -0.4 is 0 Å². The molecule has 26 heavy (non-hydrogen) atoms. The molecular formula is C18H28N4O3S. The summed E-state index contributed by atoms with van der Waals surface area (Å²) in [4.78, 5) is 16.1. The molecule has 0 aliphatic carbocycles. The predicted octanol–water partition coefficient (Wildman–Crippen LogP) is 1.59. The molecule has 0 N–H and O–H groups in total. The highest BCUT2D eigenvalue weighted by atomic mass is 32.2. The normalized spacial score (nSPS) is 20.1. The van der Waals surface area contributed by atoms with Crippen LogP contribution in [0.2, 0.25) is 0 Å². The fraction of sp³-hybridized carbons (Fsp3) is 0.611. The lowest BCUT2D eigenvalue weighted by molar-refractivity contribution is 0.138. The van der Waals surface area contributed by atoms with Crippen LogP contribution in [0.4, 0.5) is 4.79 Å². The van der Waals surface area contributed by atoms with Crippen LogP contribution in [0.5, 0.6) is 0 Å². The zero-order valence-corrected chi connectivity index (χ0v) is 16.2. The average molecular weight is 381 g/mol. The Morgan fingerprint density at radius 2 is 1.50 bits per heavy atom. The number of hydrogen-bond donors (Lipinski definition) is 0. The van der Waals surface area contributed by atoms with E-state index in [0.717, 1.165) is 24.8 Å². The van der Waals surface area contributed by atoms with Gasteiger partial charge in [0.05, 0.1) is 0 Å². The van der Waals surface area contributed by atoms with Crippen molar-refractivity contribution in [3.63, 3.8) is 0 Å². The van der Waals surface area contributed by atoms with E-state index in [2.05, 4.69) is 0 Å². The van der Waals surface area contributed by atoms with Crippen LogP contribution in [0.25, 0.3) is 0 Å². The molecule has 0 radical (unpaired) electrons. The smallest absolute Gasteiger partial charge is 0.320 e. The van der Waals surface area contributed by atoms with Crippen LogP contribution in [0.15, 0.2) is 30.3 Å². The summed E-state index contributed by atoms with van der Waals surface area (Å²) < 4.78 is 28.6. The van der Waals surface area contributed by atoms with Gasteiger partial charge in [0.1, 0.15) is 0 Å². The first kappa shape index (κ1) is 19.1. The topological polar surface area (TPSA) is 64.2 Å². The van der Waals surface area contributed by atoms with Gasteiger partial charge in [0.2, 0.25) is 0 Å². The Morgan fingerprint density at radius 1 is 0.923 bits per heavy atom. The SMILES string of the molecule is CN(Cc1ccccc1)C(=O)N1CCN(S(=O)(=O)N2CCCCC2)CC1. The number of amides is 2. The Bertz CT molecular complexity index is 696. The van der Waals surface area contributed by atoms with Crippen LogP contribution in [-0.2, 0) is 16.8 Å². The van der Waals surface area contributed by atoms with Crippen molar-refractivity contribution in [3.8, 4) is 0 Å². The third-order valence-corrected chi connectivity index (χ3v) is 7.10. The van der Waals surface area contributed by atoms with Crippen LogP contribution in [0, 0.1) is 0 Å². The van der Waals surface area contributed by atoms with Crippen molar-refractivity contribution in [1.29, 1.82) is 0 Å². The molecule has 1 aromatic rings. The number of carbonyl (C=O) groups is 1. The van der Waals surface area contributed by atoms with Gasteiger partial charge in [-0.3, -0.25) is 0 Å². The summed E-state index contributed by atoms with van der Waals surface area (Å²) in [5.74, 6) is 0. The molecule has 3 rings (SSSR count). The number of hydrogen-bond acceptors (Lipinski definition) is 3. The fourth-order valence-corrected chi connectivity index (χ4v) is 5.21. The largest absolute Gasteiger partial charge is 0.323 e. The number of urea groups is 1. The van der Waals surface area contributed by atoms with Crippen LogP contribution >= 0.6 is 0 Å². The minimum Gasteiger partial charge on any atom is -0.323 e. The van der Waals surface area contributed by atoms with Gasteiger partial charge in [-0.1, -0.05) is 36.8 Å². The summed E-state index contributed by atoms with van der Waals surface area (Å²) in [5.41, 5.74) is 1.08. The molecule has 2 aliphatic rings. The van der Waals surface area contributed by atoms with Gasteiger partial charge in [-0.05, 0) is 18.4 Å². The van der Waals surface area contributed by atoms with Crippen molar-refractivity contribution < 1.29 is 13.2 Å². The summed E-state index contributed by atoms with van der Waals surface area (Å²) in [6.45, 7) is 3.37. The molecule has 8 heteroatoms. The third kappa shape index (κ3) is 4.36. The van der Waals surface area contributed by atoms with E-state index in [1.807, 2.05) is 30.3 Å². The van der Waals surface area contributed by atoms with Crippen LogP contribution in [0.3, 0.4) is 0 Å². The maximum absolute atomic E-state index is 12.7. The van der Waals surface area contributed by atoms with Gasteiger partial charge in [-0.2, -0.15) is 17.0 Å². The quantitative estimate of drug-likeness (QED) is 0.797. The molecular weight excluding hydrogens is 352 g/mol. The maximum Gasteiger partial charge on any atom is 0.320 e. The van der Waals surface area contributed by atoms with Crippen molar-refractivity contribution >= 4 is 16.2 Å². The molecule has 2 aliphatic heterocycles. The molecule has 0 bridgehead atoms. The lowest BCUT2D eigenvalue weighted by atomic mass is 10.2. The first-order chi connectivity index (χ1) is 12.5. The second-order valence-corrected chi connectivity index (χ2v) is 8.91. The first-order valence-electron chi connectivity index (χ1n) is 9.27. The Morgan fingerprint density at radius 3 is 2.12 bits per heavy atom. The molecule has 2 saturated heterocycles. The number of piperazine rings is 1. The maximum atomic E-state index is 12.7. The number of piperidine rings is 1. The van der Waals surface area contributed by atoms with Crippen molar-refractivity contribution in [1.82, 2.24) is 18.4 Å². The number of rotatable bonds is 4. The number of benzene rings is 1. The van der Waals surface area contributed by atoms with Gasteiger partial charge in [0.25, 0.3) is 10.2 Å². The second-order valence-electron chi connectivity index (χ2n) is 6.98. The lowest BCUT2D eigenvalue weighted by Gasteiger charge is -2.38. The molecule has 1 aromatic carbocycles. The summed E-state index contributed by atoms with van der Waals surface area (Å²) in [7, 11) is -1.60. The number of carbonyl (C=O) groups excluding carboxylic acids is 1. The summed E-state index contributed by atoms with van der Waals surface area (Å²) in [6, 6.07) is 9.80. The molecule has 0 atom stereocenters. The van der Waals surface area contributed by atoms with Gasteiger partial charge in [0.15, 0.2) is 0 Å². The van der Waals surface area contributed by atoms with Gasteiger partial charge in [-0.15, -0.1) is 0 Å². The summed E-state index contributed by atoms with van der Waals surface area (Å²) in [5, 5.41) is 0. The molecule has 0 saturated carbocycles. The zero-order valence-electron chi connectivity index (χ0n) is 15.4. The molecule has 144 valence electrons. The summed E-state index contributed by atoms with van der Waals surface area (Å²) >= 11 is 0. The van der Waals surface area contributed by atoms with E-state index in [1.54, 1.807) is 21.2 Å². The minimum atomic E-state index is -3.39. The van der Waals surface area contributed by atoms with Gasteiger partial charge < -0.3 is 9.80 Å².